The maximum atomic E-state index is 13.1. The average molecular weight is 1600 g/mol. The molecule has 0 aliphatic heterocycles. The molecule has 0 fully saturated rings. The van der Waals surface area contributed by atoms with Crippen molar-refractivity contribution in [2.45, 2.75) is 135 Å². The lowest BCUT2D eigenvalue weighted by Crippen LogP contribution is -2.46. The monoisotopic (exact) mass is 1600 g/mol. The summed E-state index contributed by atoms with van der Waals surface area (Å²) in [7, 11) is 0. The van der Waals surface area contributed by atoms with Crippen molar-refractivity contribution in [3.05, 3.63) is 315 Å². The lowest BCUT2D eigenvalue weighted by molar-refractivity contribution is -0.158. The Balaban J connectivity index is 0.000000167. The van der Waals surface area contributed by atoms with Crippen molar-refractivity contribution in [3.8, 4) is 55.9 Å². The van der Waals surface area contributed by atoms with Crippen molar-refractivity contribution < 1.29 is 57.6 Å². The van der Waals surface area contributed by atoms with Crippen molar-refractivity contribution in [2.75, 3.05) is 19.8 Å². The number of benzene rings is 8. The molecular formula is C93H92BrClN6O12. The number of alkyl carbamates (subject to hydrolysis) is 3. The summed E-state index contributed by atoms with van der Waals surface area (Å²) in [6.45, 7) is 15.4. The first-order valence-electron chi connectivity index (χ1n) is 37.7. The Morgan fingerprint density at radius 2 is 0.637 bits per heavy atom. The predicted molar refractivity (Wildman–Crippen MR) is 444 cm³/mol. The highest BCUT2D eigenvalue weighted by atomic mass is 79.9. The number of hydrogen-bond donors (Lipinski definition) is 4. The number of aromatic nitrogens is 3. The minimum absolute atomic E-state index is 0. The summed E-state index contributed by atoms with van der Waals surface area (Å²) >= 11 is 3.30. The van der Waals surface area contributed by atoms with Crippen LogP contribution in [0.4, 0.5) is 14.4 Å². The van der Waals surface area contributed by atoms with Crippen LogP contribution in [0, 0.1) is 0 Å². The molecule has 20 heteroatoms. The molecule has 3 aromatic heterocycles. The summed E-state index contributed by atoms with van der Waals surface area (Å²) in [6, 6.07) is 73.3. The van der Waals surface area contributed by atoms with E-state index in [-0.39, 0.29) is 69.2 Å². The van der Waals surface area contributed by atoms with Crippen molar-refractivity contribution in [1.29, 1.82) is 0 Å². The topological polar surface area (TPSA) is 244 Å². The van der Waals surface area contributed by atoms with Crippen LogP contribution < -0.4 is 16.0 Å². The van der Waals surface area contributed by atoms with Crippen LogP contribution in [0.2, 0.25) is 0 Å². The van der Waals surface area contributed by atoms with Crippen molar-refractivity contribution >= 4 is 64.5 Å². The number of carboxylic acids is 1. The van der Waals surface area contributed by atoms with E-state index in [1.165, 1.54) is 11.1 Å². The Bertz CT molecular complexity index is 5050. The number of pyridine rings is 3. The van der Waals surface area contributed by atoms with Gasteiger partial charge in [-0.05, 0) is 183 Å². The van der Waals surface area contributed by atoms with Gasteiger partial charge in [-0.25, -0.2) is 33.8 Å². The number of rotatable bonds is 22. The summed E-state index contributed by atoms with van der Waals surface area (Å²) < 4.78 is 28.7. The predicted octanol–water partition coefficient (Wildman–Crippen LogP) is 19.0. The zero-order chi connectivity index (χ0) is 79.1. The number of carbonyl (C=O) groups is 6. The molecule has 3 atom stereocenters. The van der Waals surface area contributed by atoms with E-state index >= 15 is 0 Å². The lowest BCUT2D eigenvalue weighted by atomic mass is 9.98. The molecule has 0 saturated carbocycles. The molecule has 0 unspecified atom stereocenters. The first-order chi connectivity index (χ1) is 54.0. The van der Waals surface area contributed by atoms with Gasteiger partial charge in [0.2, 0.25) is 0 Å². The normalized spacial score (nSPS) is 13.1. The molecular weight excluding hydrogens is 1510 g/mol. The van der Waals surface area contributed by atoms with E-state index in [2.05, 4.69) is 140 Å². The van der Waals surface area contributed by atoms with E-state index in [1.54, 1.807) is 66.2 Å². The van der Waals surface area contributed by atoms with Crippen molar-refractivity contribution in [1.82, 2.24) is 30.9 Å². The van der Waals surface area contributed by atoms with E-state index in [4.69, 9.17) is 23.7 Å². The summed E-state index contributed by atoms with van der Waals surface area (Å²) in [4.78, 5) is 89.7. The molecule has 14 rings (SSSR count). The van der Waals surface area contributed by atoms with Crippen LogP contribution >= 0.6 is 28.3 Å². The molecule has 3 aliphatic carbocycles. The molecule has 3 heterocycles. The zero-order valence-electron chi connectivity index (χ0n) is 64.4. The number of nitrogens with zero attached hydrogens (tertiary/aromatic N) is 3. The van der Waals surface area contributed by atoms with Crippen LogP contribution in [0.25, 0.3) is 55.9 Å². The average Bonchev–Trinajstić information content (AvgIpc) is 1.63. The fraction of sp³-hybridized carbons (Fsp3) is 0.258. The second-order valence-corrected chi connectivity index (χ2v) is 30.5. The van der Waals surface area contributed by atoms with Gasteiger partial charge in [-0.2, -0.15) is 0 Å². The molecule has 0 radical (unpaired) electrons. The van der Waals surface area contributed by atoms with E-state index in [0.717, 1.165) is 113 Å². The second kappa shape index (κ2) is 37.5. The highest BCUT2D eigenvalue weighted by Crippen LogP contribution is 2.47. The Hall–Kier alpha value is -11.8. The maximum absolute atomic E-state index is 13.1. The first kappa shape index (κ1) is 82.2. The number of halogens is 2. The second-order valence-electron chi connectivity index (χ2n) is 29.7. The number of fused-ring (bicyclic) bond motifs is 9. The molecule has 8 aromatic carbocycles. The maximum Gasteiger partial charge on any atom is 0.407 e. The number of amides is 3. The number of aryl methyl sites for hydroxylation is 2. The number of esters is 2. The third kappa shape index (κ3) is 20.9. The number of nitrogens with one attached hydrogen (secondary N) is 3. The van der Waals surface area contributed by atoms with Gasteiger partial charge in [0.25, 0.3) is 0 Å². The first-order valence-corrected chi connectivity index (χ1v) is 38.5. The molecule has 3 amide bonds. The minimum Gasteiger partial charge on any atom is -0.480 e. The largest absolute Gasteiger partial charge is 0.480 e. The Morgan fingerprint density at radius 1 is 0.372 bits per heavy atom. The van der Waals surface area contributed by atoms with Gasteiger partial charge in [0.15, 0.2) is 0 Å². The Kier molecular flexibility index (Phi) is 27.3. The third-order valence-corrected chi connectivity index (χ3v) is 20.2. The van der Waals surface area contributed by atoms with E-state index in [0.29, 0.717) is 10.2 Å². The van der Waals surface area contributed by atoms with E-state index < -0.39 is 65.5 Å². The number of aliphatic carboxylic acids is 1. The molecule has 0 saturated heterocycles. The third-order valence-electron chi connectivity index (χ3n) is 19.7. The van der Waals surface area contributed by atoms with Gasteiger partial charge in [0.05, 0.1) is 11.4 Å². The molecule has 580 valence electrons. The van der Waals surface area contributed by atoms with Gasteiger partial charge >= 0.3 is 36.2 Å². The smallest absolute Gasteiger partial charge is 0.407 e. The highest BCUT2D eigenvalue weighted by Gasteiger charge is 2.35. The van der Waals surface area contributed by atoms with E-state index in [1.807, 2.05) is 146 Å². The summed E-state index contributed by atoms with van der Waals surface area (Å²) in [5, 5.41) is 17.7. The molecule has 113 heavy (non-hydrogen) atoms. The van der Waals surface area contributed by atoms with Gasteiger partial charge in [-0.15, -0.1) is 12.4 Å². The fourth-order valence-corrected chi connectivity index (χ4v) is 14.7. The number of carbonyl (C=O) groups excluding carboxylic acids is 5. The summed E-state index contributed by atoms with van der Waals surface area (Å²) in [5.74, 6) is -2.40. The van der Waals surface area contributed by atoms with Crippen molar-refractivity contribution in [2.24, 2.45) is 0 Å². The Labute approximate surface area is 674 Å². The van der Waals surface area contributed by atoms with Crippen LogP contribution in [0.3, 0.4) is 0 Å². The van der Waals surface area contributed by atoms with E-state index in [9.17, 15) is 33.9 Å². The minimum atomic E-state index is -1.13. The SMILES string of the molecule is CC(C)(C)OC(=O)[C@H](Cc1ccc(Br)nc1)NC(=O)OCC1c2ccccc2-c2ccccc21.CCc1ccccc1-c1ccc(C[C@H](NC(=O)OCC2c3ccccc3-c3ccccc32)C(=O)O)cn1.CCc1ccccc1-c1ccc(C[C@H](NC(=O)OCC2c3ccccc3-c3ccccc32)C(=O)OC(C)(C)C)cn1.Cl. The van der Waals surface area contributed by atoms with Gasteiger partial charge in [0.1, 0.15) is 53.8 Å². The molecule has 0 spiro atoms. The fourth-order valence-electron chi connectivity index (χ4n) is 14.5. The lowest BCUT2D eigenvalue weighted by Gasteiger charge is -2.25. The van der Waals surface area contributed by atoms with Gasteiger partial charge in [-0.3, -0.25) is 9.97 Å². The molecule has 11 aromatic rings. The summed E-state index contributed by atoms with van der Waals surface area (Å²) in [5.41, 5.74) is 20.8. The molecule has 0 bridgehead atoms. The van der Waals surface area contributed by atoms with Crippen LogP contribution in [-0.2, 0) is 70.2 Å². The van der Waals surface area contributed by atoms with Gasteiger partial charge in [-0.1, -0.05) is 226 Å². The Morgan fingerprint density at radius 3 is 0.903 bits per heavy atom. The quantitative estimate of drug-likeness (QED) is 0.0280. The molecule has 3 aliphatic rings. The van der Waals surface area contributed by atoms with Crippen LogP contribution in [0.15, 0.2) is 254 Å². The zero-order valence-corrected chi connectivity index (χ0v) is 66.8. The van der Waals surface area contributed by atoms with Crippen molar-refractivity contribution in [3.63, 3.8) is 0 Å². The number of hydrogen-bond acceptors (Lipinski definition) is 14. The molecule has 18 nitrogen and oxygen atoms in total. The molecule has 4 N–H and O–H groups in total. The van der Waals surface area contributed by atoms with Crippen LogP contribution in [-0.4, -0.2) is 105 Å². The van der Waals surface area contributed by atoms with Gasteiger partial charge < -0.3 is 44.7 Å². The van der Waals surface area contributed by atoms with Gasteiger partial charge in [0, 0.05) is 66.7 Å². The summed E-state index contributed by atoms with van der Waals surface area (Å²) in [6.07, 6.45) is 5.34. The van der Waals surface area contributed by atoms with Crippen LogP contribution in [0.5, 0.6) is 0 Å². The highest BCUT2D eigenvalue weighted by molar-refractivity contribution is 9.10. The number of carboxylic acid groups (broad SMARTS) is 1. The standard InChI is InChI=1S/C35H36N2O4.C31H28N2O4.C27H27BrN2O4.ClH/c1-5-24-12-6-7-13-25(24)31-19-18-23(21-36-31)20-32(33(38)41-35(2,3)4)37-34(39)40-22-30-28-16-10-8-14-26(28)27-15-9-11-17-29(27)30;1-2-21-9-3-4-10-22(21)28-16-15-20(18-32-28)17-29(30(34)35)33-31(36)37-19-27-25-13-7-5-11-23(25)24-12-6-8-14-26(24)27;1-27(2,3)34-25(31)23(14-17-12-13-24(28)29-15-17)30-26(32)33-16-22-20-10-6-4-8-18(20)19-9-5-7-11-21(19)22;/h6-19,21,30,32H,5,20,22H2,1-4H3,(H,37,39);3-16,18,27,29H,2,17,19H2,1H3,(H,33,36)(H,34,35);4-13,15,22-23H,14,16H2,1-3H3,(H,30,32);1H/t32-;29-;23-;/m000./s1. The number of ether oxygens (including phenoxy) is 5. The van der Waals surface area contributed by atoms with Crippen LogP contribution in [0.1, 0.15) is 134 Å².